The van der Waals surface area contributed by atoms with E-state index in [1.807, 2.05) is 64.2 Å². The van der Waals surface area contributed by atoms with Gasteiger partial charge in [-0.3, -0.25) is 0 Å². The summed E-state index contributed by atoms with van der Waals surface area (Å²) in [5.41, 5.74) is 6.51. The summed E-state index contributed by atoms with van der Waals surface area (Å²) < 4.78 is 0. The van der Waals surface area contributed by atoms with Crippen molar-refractivity contribution in [2.75, 3.05) is 0 Å². The quantitative estimate of drug-likeness (QED) is 0.360. The Morgan fingerprint density at radius 3 is 1.11 bits per heavy atom. The van der Waals surface area contributed by atoms with Crippen molar-refractivity contribution in [2.24, 2.45) is 11.8 Å². The molecule has 142 valence electrons. The third kappa shape index (κ3) is 9.15. The fraction of sp³-hybridized carbons (Fsp3) is 0.385. The fourth-order valence-electron chi connectivity index (χ4n) is 3.86. The van der Waals surface area contributed by atoms with Crippen LogP contribution in [0.25, 0.3) is 0 Å². The van der Waals surface area contributed by atoms with Gasteiger partial charge in [0.15, 0.2) is 0 Å². The van der Waals surface area contributed by atoms with Crippen LogP contribution in [0.5, 0.6) is 0 Å². The first-order valence-corrected chi connectivity index (χ1v) is 9.96. The molecule has 4 rings (SSSR count). The zero-order valence-corrected chi connectivity index (χ0v) is 19.5. The van der Waals surface area contributed by atoms with Crippen molar-refractivity contribution in [3.05, 3.63) is 100 Å². The van der Waals surface area contributed by atoms with Crippen LogP contribution >= 0.6 is 0 Å². The molecule has 2 atom stereocenters. The molecular weight excluding hydrogens is 404 g/mol. The minimum atomic E-state index is 0. The first-order chi connectivity index (χ1) is 12.6. The van der Waals surface area contributed by atoms with Gasteiger partial charge in [-0.05, 0) is 115 Å². The van der Waals surface area contributed by atoms with E-state index in [1.54, 1.807) is 22.3 Å². The van der Waals surface area contributed by atoms with Crippen molar-refractivity contribution in [1.29, 1.82) is 0 Å². The largest absolute Gasteiger partial charge is 2.00 e. The Balaban J connectivity index is 0.000000270. The summed E-state index contributed by atoms with van der Waals surface area (Å²) >= 11 is 0. The zero-order chi connectivity index (χ0) is 18.8. The Kier molecular flexibility index (Phi) is 13.5. The summed E-state index contributed by atoms with van der Waals surface area (Å²) in [6.45, 7) is 13.2. The molecule has 0 heterocycles. The Labute approximate surface area is 190 Å². The number of allylic oxidation sites excluding steroid dienone is 4. The van der Waals surface area contributed by atoms with Crippen LogP contribution in [0.2, 0.25) is 0 Å². The van der Waals surface area contributed by atoms with E-state index in [0.29, 0.717) is 11.8 Å². The van der Waals surface area contributed by atoms with Crippen molar-refractivity contribution < 1.29 is 26.2 Å². The predicted molar refractivity (Wildman–Crippen MR) is 114 cm³/mol. The van der Waals surface area contributed by atoms with Gasteiger partial charge in [-0.2, -0.15) is 11.8 Å². The number of rotatable bonds is 0. The summed E-state index contributed by atoms with van der Waals surface area (Å²) in [6.07, 6.45) is 27.7. The molecule has 0 nitrogen and oxygen atoms in total. The molecular formula is C26H34Zr. The first kappa shape index (κ1) is 25.4. The molecule has 0 aliphatic heterocycles. The molecule has 0 unspecified atom stereocenters. The molecule has 3 fully saturated rings. The first-order valence-electron chi connectivity index (χ1n) is 9.96. The Morgan fingerprint density at radius 1 is 0.593 bits per heavy atom. The number of hydrogen-bond donors (Lipinski definition) is 0. The Bertz CT molecular complexity index is 403. The van der Waals surface area contributed by atoms with Crippen LogP contribution in [-0.4, -0.2) is 0 Å². The van der Waals surface area contributed by atoms with Gasteiger partial charge in [-0.25, -0.2) is 0 Å². The van der Waals surface area contributed by atoms with Gasteiger partial charge in [0.25, 0.3) is 0 Å². The maximum absolute atomic E-state index is 4.28. The normalized spacial score (nSPS) is 33.3. The summed E-state index contributed by atoms with van der Waals surface area (Å²) in [5, 5.41) is 0. The second kappa shape index (κ2) is 14.4. The average molecular weight is 438 g/mol. The smallest absolute Gasteiger partial charge is 0.342 e. The maximum Gasteiger partial charge on any atom is 2.00 e. The summed E-state index contributed by atoms with van der Waals surface area (Å²) in [5.74, 6) is 0.983. The number of hydrogen-bond acceptors (Lipinski definition) is 0. The third-order valence-electron chi connectivity index (χ3n) is 5.41. The molecule has 0 spiro atoms. The van der Waals surface area contributed by atoms with E-state index in [0.717, 1.165) is 12.8 Å². The predicted octanol–water partition coefficient (Wildman–Crippen LogP) is 6.93. The second-order valence-electron chi connectivity index (χ2n) is 7.58. The van der Waals surface area contributed by atoms with Crippen molar-refractivity contribution in [2.45, 2.75) is 52.4 Å². The van der Waals surface area contributed by atoms with Crippen LogP contribution in [0.15, 0.2) is 22.3 Å². The van der Waals surface area contributed by atoms with Crippen LogP contribution < -0.4 is 0 Å². The van der Waals surface area contributed by atoms with E-state index in [-0.39, 0.29) is 26.2 Å². The second-order valence-corrected chi connectivity index (χ2v) is 7.58. The van der Waals surface area contributed by atoms with Gasteiger partial charge in [-0.15, -0.1) is 0 Å². The van der Waals surface area contributed by atoms with E-state index in [4.69, 9.17) is 0 Å². The van der Waals surface area contributed by atoms with E-state index >= 15 is 0 Å². The standard InChI is InChI=1S/C16H24.2C5H5.Zr/c1-11-9-13(3)15-7-5-6-8-16(15)14(4)10-12(11)2;2*1-2-4-5-3-1;/h11-12H,1-2,5-10H2,3-4H3;2*1-5H;/q-2;;;+2/b15-13-,16-14-;;;/t11-,12-;;;/m0.../s1. The minimum absolute atomic E-state index is 0. The molecule has 27 heavy (non-hydrogen) atoms. The van der Waals surface area contributed by atoms with Crippen LogP contribution in [0.4, 0.5) is 0 Å². The van der Waals surface area contributed by atoms with Gasteiger partial charge < -0.3 is 13.8 Å². The van der Waals surface area contributed by atoms with E-state index < -0.39 is 0 Å². The molecule has 0 aromatic heterocycles. The molecule has 0 bridgehead atoms. The van der Waals surface area contributed by atoms with Crippen molar-refractivity contribution in [3.63, 3.8) is 0 Å². The summed E-state index contributed by atoms with van der Waals surface area (Å²) in [7, 11) is 0. The van der Waals surface area contributed by atoms with Gasteiger partial charge >= 0.3 is 26.2 Å². The molecule has 0 amide bonds. The SMILES string of the molecule is [CH2-][C@H]1C/C(C)=C2/CCCC/C2=C(\C)C[C@@H]1[CH2-].[CH]1[CH][CH][CH][CH]1.[CH]1[CH][CH][CH][CH]1.[Zr+2]. The van der Waals surface area contributed by atoms with E-state index in [9.17, 15) is 0 Å². The molecule has 4 aliphatic carbocycles. The molecule has 0 aromatic carbocycles. The zero-order valence-electron chi connectivity index (χ0n) is 17.1. The number of fused-ring (bicyclic) bond motifs is 1. The third-order valence-corrected chi connectivity index (χ3v) is 5.41. The van der Waals surface area contributed by atoms with Crippen LogP contribution in [0.1, 0.15) is 52.4 Å². The van der Waals surface area contributed by atoms with Crippen LogP contribution in [0.3, 0.4) is 0 Å². The van der Waals surface area contributed by atoms with Crippen molar-refractivity contribution in [1.82, 2.24) is 0 Å². The van der Waals surface area contributed by atoms with Gasteiger partial charge in [0, 0.05) is 0 Å². The topological polar surface area (TPSA) is 0 Å². The average Bonchev–Trinajstić information content (AvgIpc) is 3.38. The van der Waals surface area contributed by atoms with Gasteiger partial charge in [0.1, 0.15) is 0 Å². The fourth-order valence-corrected chi connectivity index (χ4v) is 3.86. The molecule has 10 radical (unpaired) electrons. The van der Waals surface area contributed by atoms with Crippen molar-refractivity contribution in [3.8, 4) is 0 Å². The Hall–Kier alpha value is 0.363. The van der Waals surface area contributed by atoms with Gasteiger partial charge in [-0.1, -0.05) is 24.0 Å². The summed E-state index contributed by atoms with van der Waals surface area (Å²) in [6, 6.07) is 0. The Morgan fingerprint density at radius 2 is 0.852 bits per heavy atom. The van der Waals surface area contributed by atoms with E-state index in [1.165, 1.54) is 25.7 Å². The van der Waals surface area contributed by atoms with Crippen molar-refractivity contribution >= 4 is 0 Å². The molecule has 1 heteroatoms. The molecule has 3 saturated carbocycles. The maximum atomic E-state index is 4.28. The van der Waals surface area contributed by atoms with Gasteiger partial charge in [0.2, 0.25) is 0 Å². The van der Waals surface area contributed by atoms with E-state index in [2.05, 4.69) is 27.7 Å². The molecule has 0 saturated heterocycles. The van der Waals surface area contributed by atoms with Gasteiger partial charge in [0.05, 0.1) is 0 Å². The summed E-state index contributed by atoms with van der Waals surface area (Å²) in [4.78, 5) is 0. The molecule has 4 aliphatic rings. The van der Waals surface area contributed by atoms with Crippen LogP contribution in [-0.2, 0) is 26.2 Å². The monoisotopic (exact) mass is 436 g/mol. The minimum Gasteiger partial charge on any atom is -0.342 e. The molecule has 0 aromatic rings. The van der Waals surface area contributed by atoms with Crippen LogP contribution in [0, 0.1) is 89.9 Å². The molecule has 0 N–H and O–H groups in total.